The second-order valence-corrected chi connectivity index (χ2v) is 11.2. The number of hydrogen-bond donors (Lipinski definition) is 2. The summed E-state index contributed by atoms with van der Waals surface area (Å²) in [6.45, 7) is 0. The molecule has 1 saturated heterocycles. The minimum absolute atomic E-state index is 0.0130. The molecule has 0 spiro atoms. The molecule has 0 amide bonds. The molecule has 3 heterocycles. The maximum Gasteiger partial charge on any atom is 0.229 e. The van der Waals surface area contributed by atoms with Gasteiger partial charge < -0.3 is 19.5 Å². The van der Waals surface area contributed by atoms with Crippen LogP contribution in [0.4, 0.5) is 15.8 Å². The van der Waals surface area contributed by atoms with Crippen LogP contribution in [-0.4, -0.2) is 36.4 Å². The van der Waals surface area contributed by atoms with Crippen LogP contribution in [0.25, 0.3) is 5.69 Å². The molecule has 0 bridgehead atoms. The SMILES string of the molecule is COc1cc(N2C(=S)N[C@H](c3ccccn3)[C@H]2c2cccn2-c2ccc(F)c(Cl)c2)ccc1NS(C)(=O)=O. The van der Waals surface area contributed by atoms with Gasteiger partial charge in [-0.25, -0.2) is 12.8 Å². The Hall–Kier alpha value is -3.67. The highest BCUT2D eigenvalue weighted by molar-refractivity contribution is 7.92. The summed E-state index contributed by atoms with van der Waals surface area (Å²) in [6.07, 6.45) is 4.66. The van der Waals surface area contributed by atoms with Gasteiger partial charge in [-0.3, -0.25) is 9.71 Å². The first-order chi connectivity index (χ1) is 18.2. The highest BCUT2D eigenvalue weighted by atomic mass is 35.5. The summed E-state index contributed by atoms with van der Waals surface area (Å²) in [6, 6.07) is 18.4. The van der Waals surface area contributed by atoms with E-state index in [0.29, 0.717) is 27.9 Å². The van der Waals surface area contributed by atoms with Crippen LogP contribution < -0.4 is 19.7 Å². The summed E-state index contributed by atoms with van der Waals surface area (Å²) >= 11 is 11.9. The van der Waals surface area contributed by atoms with Crippen LogP contribution in [0.5, 0.6) is 5.75 Å². The zero-order valence-corrected chi connectivity index (χ0v) is 22.7. The van der Waals surface area contributed by atoms with Crippen LogP contribution in [0.3, 0.4) is 0 Å². The number of rotatable bonds is 7. The lowest BCUT2D eigenvalue weighted by atomic mass is 10.0. The van der Waals surface area contributed by atoms with Gasteiger partial charge in [-0.1, -0.05) is 17.7 Å². The summed E-state index contributed by atoms with van der Waals surface area (Å²) in [7, 11) is -2.05. The monoisotopic (exact) mass is 571 g/mol. The number of hydrogen-bond acceptors (Lipinski definition) is 5. The van der Waals surface area contributed by atoms with E-state index in [1.807, 2.05) is 46.0 Å². The minimum atomic E-state index is -3.52. The van der Waals surface area contributed by atoms with Crippen molar-refractivity contribution in [3.63, 3.8) is 0 Å². The molecule has 2 aromatic heterocycles. The number of nitrogens with zero attached hydrogens (tertiary/aromatic N) is 3. The van der Waals surface area contributed by atoms with Crippen molar-refractivity contribution in [2.45, 2.75) is 12.1 Å². The molecule has 1 fully saturated rings. The third kappa shape index (κ3) is 5.04. The highest BCUT2D eigenvalue weighted by Crippen LogP contribution is 2.44. The molecule has 12 heteroatoms. The van der Waals surface area contributed by atoms with E-state index >= 15 is 0 Å². The van der Waals surface area contributed by atoms with Gasteiger partial charge in [0.15, 0.2) is 5.11 Å². The number of anilines is 2. The normalized spacial score (nSPS) is 17.4. The average Bonchev–Trinajstić information content (AvgIpc) is 3.50. The quantitative estimate of drug-likeness (QED) is 0.294. The van der Waals surface area contributed by atoms with Crippen molar-refractivity contribution in [2.75, 3.05) is 23.0 Å². The van der Waals surface area contributed by atoms with Crippen LogP contribution >= 0.6 is 23.8 Å². The molecular weight excluding hydrogens is 549 g/mol. The first-order valence-electron chi connectivity index (χ1n) is 11.5. The second-order valence-electron chi connectivity index (χ2n) is 8.66. The molecule has 0 radical (unpaired) electrons. The largest absolute Gasteiger partial charge is 0.494 e. The molecule has 0 saturated carbocycles. The number of thiocarbonyl (C=S) groups is 1. The van der Waals surface area contributed by atoms with E-state index in [1.165, 1.54) is 13.2 Å². The van der Waals surface area contributed by atoms with Gasteiger partial charge >= 0.3 is 0 Å². The predicted molar refractivity (Wildman–Crippen MR) is 150 cm³/mol. The number of methoxy groups -OCH3 is 1. The Morgan fingerprint density at radius 1 is 1.11 bits per heavy atom. The minimum Gasteiger partial charge on any atom is -0.494 e. The van der Waals surface area contributed by atoms with Crippen LogP contribution in [0.2, 0.25) is 5.02 Å². The first kappa shape index (κ1) is 26.0. The Morgan fingerprint density at radius 2 is 1.89 bits per heavy atom. The molecule has 2 N–H and O–H groups in total. The second kappa shape index (κ2) is 10.2. The molecule has 0 unspecified atom stereocenters. The molecule has 196 valence electrons. The van der Waals surface area contributed by atoms with Gasteiger partial charge in [-0.2, -0.15) is 0 Å². The maximum absolute atomic E-state index is 13.9. The van der Waals surface area contributed by atoms with E-state index in [4.69, 9.17) is 28.6 Å². The Morgan fingerprint density at radius 3 is 2.58 bits per heavy atom. The summed E-state index contributed by atoms with van der Waals surface area (Å²) in [5.74, 6) is -0.174. The van der Waals surface area contributed by atoms with Gasteiger partial charge in [-0.05, 0) is 66.8 Å². The highest BCUT2D eigenvalue weighted by Gasteiger charge is 2.42. The smallest absolute Gasteiger partial charge is 0.229 e. The van der Waals surface area contributed by atoms with E-state index in [1.54, 1.807) is 36.5 Å². The summed E-state index contributed by atoms with van der Waals surface area (Å²) in [4.78, 5) is 6.50. The van der Waals surface area contributed by atoms with E-state index < -0.39 is 21.9 Å². The molecule has 5 rings (SSSR count). The lowest BCUT2D eigenvalue weighted by Gasteiger charge is -2.29. The number of sulfonamides is 1. The molecule has 0 aliphatic carbocycles. The Balaban J connectivity index is 1.65. The van der Waals surface area contributed by atoms with Gasteiger partial charge in [0.05, 0.1) is 35.8 Å². The van der Waals surface area contributed by atoms with E-state index in [2.05, 4.69) is 15.0 Å². The zero-order chi connectivity index (χ0) is 27.0. The summed E-state index contributed by atoms with van der Waals surface area (Å²) < 4.78 is 47.5. The van der Waals surface area contributed by atoms with Gasteiger partial charge in [0.1, 0.15) is 17.6 Å². The van der Waals surface area contributed by atoms with Crippen molar-refractivity contribution < 1.29 is 17.5 Å². The molecule has 2 atom stereocenters. The number of ether oxygens (including phenoxy) is 1. The van der Waals surface area contributed by atoms with Crippen molar-refractivity contribution in [2.24, 2.45) is 0 Å². The molecule has 1 aliphatic heterocycles. The molecule has 38 heavy (non-hydrogen) atoms. The van der Waals surface area contributed by atoms with Crippen LogP contribution in [-0.2, 0) is 10.0 Å². The number of aromatic nitrogens is 2. The zero-order valence-electron chi connectivity index (χ0n) is 20.3. The van der Waals surface area contributed by atoms with Crippen molar-refractivity contribution in [3.05, 3.63) is 101 Å². The Kier molecular flexibility index (Phi) is 6.99. The number of benzene rings is 2. The lowest BCUT2D eigenvalue weighted by molar-refractivity contribution is 0.417. The number of pyridine rings is 1. The summed E-state index contributed by atoms with van der Waals surface area (Å²) in [5.41, 5.74) is 3.27. The molecule has 2 aromatic carbocycles. The average molecular weight is 572 g/mol. The topological polar surface area (TPSA) is 88.5 Å². The van der Waals surface area contributed by atoms with Crippen LogP contribution in [0.1, 0.15) is 23.5 Å². The fourth-order valence-corrected chi connectivity index (χ4v) is 5.64. The van der Waals surface area contributed by atoms with Crippen LogP contribution in [0.15, 0.2) is 79.1 Å². The summed E-state index contributed by atoms with van der Waals surface area (Å²) in [5, 5.41) is 3.85. The third-order valence-corrected chi connectivity index (χ3v) is 7.32. The first-order valence-corrected chi connectivity index (χ1v) is 14.1. The van der Waals surface area contributed by atoms with Gasteiger partial charge in [0, 0.05) is 35.5 Å². The fraction of sp³-hybridized carbons (Fsp3) is 0.154. The van der Waals surface area contributed by atoms with E-state index in [9.17, 15) is 12.8 Å². The fourth-order valence-electron chi connectivity index (χ4n) is 4.55. The Bertz CT molecular complexity index is 1610. The van der Waals surface area contributed by atoms with Crippen LogP contribution in [0, 0.1) is 5.82 Å². The van der Waals surface area contributed by atoms with Gasteiger partial charge in [0.25, 0.3) is 0 Å². The van der Waals surface area contributed by atoms with Crippen molar-refractivity contribution >= 4 is 50.3 Å². The number of nitrogens with one attached hydrogen (secondary N) is 2. The maximum atomic E-state index is 13.9. The van der Waals surface area contributed by atoms with Crippen molar-refractivity contribution in [1.29, 1.82) is 0 Å². The molecule has 4 aromatic rings. The van der Waals surface area contributed by atoms with Gasteiger partial charge in [-0.15, -0.1) is 0 Å². The predicted octanol–water partition coefficient (Wildman–Crippen LogP) is 5.22. The van der Waals surface area contributed by atoms with Crippen molar-refractivity contribution in [1.82, 2.24) is 14.9 Å². The lowest BCUT2D eigenvalue weighted by Crippen LogP contribution is -2.30. The Labute approximate surface area is 230 Å². The molecular formula is C26H23ClFN5O3S2. The van der Waals surface area contributed by atoms with Gasteiger partial charge in [0.2, 0.25) is 10.0 Å². The number of halogens is 2. The van der Waals surface area contributed by atoms with Crippen molar-refractivity contribution in [3.8, 4) is 11.4 Å². The molecule has 8 nitrogen and oxygen atoms in total. The third-order valence-electron chi connectivity index (χ3n) is 6.12. The molecule has 1 aliphatic rings. The van der Waals surface area contributed by atoms with E-state index in [0.717, 1.165) is 17.6 Å². The standard InChI is InChI=1S/C26H23ClFN5O3S2/c1-36-23-15-17(9-11-20(23)31-38(2,34)35)33-25(24(30-26(33)37)21-6-3-4-12-29-21)22-7-5-13-32(22)16-8-10-19(28)18(27)14-16/h3-15,24-25,31H,1-2H3,(H,30,37)/t24-,25-/m1/s1. The van der Waals surface area contributed by atoms with E-state index in [-0.39, 0.29) is 11.1 Å².